The summed E-state index contributed by atoms with van der Waals surface area (Å²) in [6, 6.07) is 7.97. The first-order valence-corrected chi connectivity index (χ1v) is 7.45. The standard InChI is InChI=1S/C15H19NO2S/c17-14(9-15(11-19)5-6-15)16-7-8-18-13-4-2-1-3-12(13)10-16/h1-4,19H,5-11H2. The minimum atomic E-state index is 0.187. The number of rotatable bonds is 3. The van der Waals surface area contributed by atoms with Crippen LogP contribution in [0.3, 0.4) is 0 Å². The summed E-state index contributed by atoms with van der Waals surface area (Å²) in [4.78, 5) is 14.3. The predicted octanol–water partition coefficient (Wildman–Crippen LogP) is 2.51. The number of para-hydroxylation sites is 1. The molecule has 0 bridgehead atoms. The van der Waals surface area contributed by atoms with Gasteiger partial charge in [-0.15, -0.1) is 0 Å². The zero-order valence-corrected chi connectivity index (χ0v) is 11.9. The fourth-order valence-electron chi connectivity index (χ4n) is 2.54. The van der Waals surface area contributed by atoms with E-state index in [1.54, 1.807) is 0 Å². The highest BCUT2D eigenvalue weighted by atomic mass is 32.1. The highest BCUT2D eigenvalue weighted by Crippen LogP contribution is 2.49. The molecule has 2 aliphatic rings. The molecule has 3 rings (SSSR count). The Kier molecular flexibility index (Phi) is 3.44. The molecule has 1 aliphatic heterocycles. The van der Waals surface area contributed by atoms with Gasteiger partial charge in [-0.2, -0.15) is 12.6 Å². The minimum Gasteiger partial charge on any atom is -0.491 e. The second-order valence-electron chi connectivity index (χ2n) is 5.61. The van der Waals surface area contributed by atoms with Crippen molar-refractivity contribution < 1.29 is 9.53 Å². The van der Waals surface area contributed by atoms with Crippen molar-refractivity contribution in [1.29, 1.82) is 0 Å². The average Bonchev–Trinajstić information content (AvgIpc) is 3.21. The number of fused-ring (bicyclic) bond motifs is 1. The van der Waals surface area contributed by atoms with Crippen molar-refractivity contribution in [2.24, 2.45) is 5.41 Å². The van der Waals surface area contributed by atoms with Crippen molar-refractivity contribution in [1.82, 2.24) is 4.90 Å². The van der Waals surface area contributed by atoms with Crippen molar-refractivity contribution in [3.63, 3.8) is 0 Å². The van der Waals surface area contributed by atoms with Gasteiger partial charge in [0.25, 0.3) is 0 Å². The zero-order chi connectivity index (χ0) is 13.3. The van der Waals surface area contributed by atoms with Gasteiger partial charge >= 0.3 is 0 Å². The maximum atomic E-state index is 12.4. The van der Waals surface area contributed by atoms with Crippen molar-refractivity contribution in [2.75, 3.05) is 18.9 Å². The van der Waals surface area contributed by atoms with Gasteiger partial charge in [0, 0.05) is 18.5 Å². The molecule has 4 heteroatoms. The number of hydrogen-bond acceptors (Lipinski definition) is 3. The smallest absolute Gasteiger partial charge is 0.223 e. The Balaban J connectivity index is 1.70. The summed E-state index contributed by atoms with van der Waals surface area (Å²) < 4.78 is 5.69. The molecule has 0 N–H and O–H groups in total. The minimum absolute atomic E-state index is 0.187. The van der Waals surface area contributed by atoms with Gasteiger partial charge in [0.2, 0.25) is 5.91 Å². The van der Waals surface area contributed by atoms with Crippen LogP contribution < -0.4 is 4.74 Å². The lowest BCUT2D eigenvalue weighted by atomic mass is 10.0. The molecule has 0 atom stereocenters. The van der Waals surface area contributed by atoms with Crippen LogP contribution in [0.2, 0.25) is 0 Å². The predicted molar refractivity (Wildman–Crippen MR) is 77.5 cm³/mol. The summed E-state index contributed by atoms with van der Waals surface area (Å²) in [6.45, 7) is 1.92. The lowest BCUT2D eigenvalue weighted by Gasteiger charge is -2.22. The van der Waals surface area contributed by atoms with Gasteiger partial charge in [-0.1, -0.05) is 18.2 Å². The summed E-state index contributed by atoms with van der Waals surface area (Å²) in [5.74, 6) is 1.97. The first-order chi connectivity index (χ1) is 9.22. The largest absolute Gasteiger partial charge is 0.491 e. The van der Waals surface area contributed by atoms with Gasteiger partial charge < -0.3 is 9.64 Å². The van der Waals surface area contributed by atoms with Crippen LogP contribution >= 0.6 is 12.6 Å². The first-order valence-electron chi connectivity index (χ1n) is 6.82. The highest BCUT2D eigenvalue weighted by Gasteiger charge is 2.43. The van der Waals surface area contributed by atoms with Crippen LogP contribution in [0.15, 0.2) is 24.3 Å². The van der Waals surface area contributed by atoms with E-state index in [0.29, 0.717) is 26.1 Å². The molecule has 1 aromatic rings. The Bertz CT molecular complexity index is 485. The van der Waals surface area contributed by atoms with Crippen LogP contribution in [0.25, 0.3) is 0 Å². The van der Waals surface area contributed by atoms with Gasteiger partial charge in [-0.25, -0.2) is 0 Å². The third kappa shape index (κ3) is 2.73. The fourth-order valence-corrected chi connectivity index (χ4v) is 2.97. The van der Waals surface area contributed by atoms with Gasteiger partial charge in [0.05, 0.1) is 6.54 Å². The van der Waals surface area contributed by atoms with E-state index in [4.69, 9.17) is 4.74 Å². The Morgan fingerprint density at radius 1 is 1.37 bits per heavy atom. The molecule has 1 aromatic carbocycles. The number of thiol groups is 1. The van der Waals surface area contributed by atoms with Gasteiger partial charge in [0.1, 0.15) is 12.4 Å². The molecular formula is C15H19NO2S. The van der Waals surface area contributed by atoms with E-state index < -0.39 is 0 Å². The third-order valence-electron chi connectivity index (χ3n) is 4.12. The van der Waals surface area contributed by atoms with Crippen LogP contribution in [0.4, 0.5) is 0 Å². The number of ether oxygens (including phenoxy) is 1. The Morgan fingerprint density at radius 2 is 2.16 bits per heavy atom. The Labute approximate surface area is 119 Å². The molecule has 0 aromatic heterocycles. The Morgan fingerprint density at radius 3 is 2.89 bits per heavy atom. The van der Waals surface area contributed by atoms with Gasteiger partial charge in [-0.3, -0.25) is 4.79 Å². The second kappa shape index (κ2) is 5.08. The molecule has 1 aliphatic carbocycles. The van der Waals surface area contributed by atoms with Crippen LogP contribution in [-0.4, -0.2) is 29.7 Å². The van der Waals surface area contributed by atoms with E-state index in [1.807, 2.05) is 29.2 Å². The average molecular weight is 277 g/mol. The normalized spacial score (nSPS) is 20.2. The molecular weight excluding hydrogens is 258 g/mol. The van der Waals surface area contributed by atoms with Crippen molar-refractivity contribution in [3.05, 3.63) is 29.8 Å². The van der Waals surface area contributed by atoms with Crippen LogP contribution in [-0.2, 0) is 11.3 Å². The second-order valence-corrected chi connectivity index (χ2v) is 5.92. The highest BCUT2D eigenvalue weighted by molar-refractivity contribution is 7.80. The van der Waals surface area contributed by atoms with Gasteiger partial charge in [-0.05, 0) is 30.1 Å². The number of carbonyl (C=O) groups is 1. The monoisotopic (exact) mass is 277 g/mol. The number of amides is 1. The SMILES string of the molecule is O=C(CC1(CS)CC1)N1CCOc2ccccc2C1. The molecule has 0 unspecified atom stereocenters. The molecule has 3 nitrogen and oxygen atoms in total. The summed E-state index contributed by atoms with van der Waals surface area (Å²) in [7, 11) is 0. The van der Waals surface area contributed by atoms with Crippen molar-refractivity contribution in [3.8, 4) is 5.75 Å². The van der Waals surface area contributed by atoms with E-state index in [9.17, 15) is 4.79 Å². The Hall–Kier alpha value is -1.16. The van der Waals surface area contributed by atoms with Crippen LogP contribution in [0.1, 0.15) is 24.8 Å². The zero-order valence-electron chi connectivity index (χ0n) is 11.0. The summed E-state index contributed by atoms with van der Waals surface area (Å²) in [5, 5.41) is 0. The van der Waals surface area contributed by atoms with E-state index in [2.05, 4.69) is 12.6 Å². The van der Waals surface area contributed by atoms with E-state index >= 15 is 0 Å². The number of benzene rings is 1. The van der Waals surface area contributed by atoms with Crippen molar-refractivity contribution >= 4 is 18.5 Å². The van der Waals surface area contributed by atoms with Crippen molar-refractivity contribution in [2.45, 2.75) is 25.8 Å². The quantitative estimate of drug-likeness (QED) is 0.860. The van der Waals surface area contributed by atoms with Crippen LogP contribution in [0.5, 0.6) is 5.75 Å². The summed E-state index contributed by atoms with van der Waals surface area (Å²) in [6.07, 6.45) is 2.92. The molecule has 1 saturated carbocycles. The summed E-state index contributed by atoms with van der Waals surface area (Å²) >= 11 is 4.37. The van der Waals surface area contributed by atoms with Crippen LogP contribution in [0, 0.1) is 5.41 Å². The summed E-state index contributed by atoms with van der Waals surface area (Å²) in [5.41, 5.74) is 1.29. The molecule has 0 saturated heterocycles. The molecule has 102 valence electrons. The molecule has 19 heavy (non-hydrogen) atoms. The van der Waals surface area contributed by atoms with E-state index in [-0.39, 0.29) is 11.3 Å². The van der Waals surface area contributed by atoms with Gasteiger partial charge in [0.15, 0.2) is 0 Å². The molecule has 1 amide bonds. The van der Waals surface area contributed by atoms with E-state index in [1.165, 1.54) is 0 Å². The number of carbonyl (C=O) groups excluding carboxylic acids is 1. The molecule has 1 fully saturated rings. The third-order valence-corrected chi connectivity index (χ3v) is 4.79. The molecule has 0 radical (unpaired) electrons. The number of hydrogen-bond donors (Lipinski definition) is 1. The first kappa shape index (κ1) is 12.9. The molecule has 1 heterocycles. The maximum absolute atomic E-state index is 12.4. The lowest BCUT2D eigenvalue weighted by Crippen LogP contribution is -2.34. The fraction of sp³-hybridized carbons (Fsp3) is 0.533. The maximum Gasteiger partial charge on any atom is 0.223 e. The lowest BCUT2D eigenvalue weighted by molar-refractivity contribution is -0.133. The number of nitrogens with zero attached hydrogens (tertiary/aromatic N) is 1. The van der Waals surface area contributed by atoms with E-state index in [0.717, 1.165) is 29.9 Å². The topological polar surface area (TPSA) is 29.5 Å². The molecule has 0 spiro atoms.